The van der Waals surface area contributed by atoms with Crippen LogP contribution in [0.2, 0.25) is 0 Å². The van der Waals surface area contributed by atoms with Gasteiger partial charge in [0.2, 0.25) is 0 Å². The lowest BCUT2D eigenvalue weighted by molar-refractivity contribution is 0.221. The Hall–Kier alpha value is -0.650. The van der Waals surface area contributed by atoms with Crippen molar-refractivity contribution in [3.05, 3.63) is 10.6 Å². The fourth-order valence-corrected chi connectivity index (χ4v) is 4.10. The lowest BCUT2D eigenvalue weighted by Gasteiger charge is -2.36. The Morgan fingerprint density at radius 1 is 1.38 bits per heavy atom. The third kappa shape index (κ3) is 3.76. The first-order valence-electron chi connectivity index (χ1n) is 8.25. The number of nitrogens with zero attached hydrogens (tertiary/aromatic N) is 3. The van der Waals surface area contributed by atoms with Gasteiger partial charge in [0.1, 0.15) is 0 Å². The first-order valence-corrected chi connectivity index (χ1v) is 9.07. The standard InChI is InChI=1S/C16H30N4S/c1-5-12(3)15-14(11-17)21-16(18-15)19(4)13-7-9-20(6-2)10-8-13/h12-13H,5-11,17H2,1-4H3. The Labute approximate surface area is 133 Å². The predicted octanol–water partition coefficient (Wildman–Crippen LogP) is 3.04. The summed E-state index contributed by atoms with van der Waals surface area (Å²) in [7, 11) is 2.20. The van der Waals surface area contributed by atoms with Crippen molar-refractivity contribution in [2.75, 3.05) is 31.6 Å². The molecule has 4 nitrogen and oxygen atoms in total. The number of aromatic nitrogens is 1. The van der Waals surface area contributed by atoms with Gasteiger partial charge in [0.15, 0.2) is 5.13 Å². The van der Waals surface area contributed by atoms with E-state index in [-0.39, 0.29) is 0 Å². The zero-order chi connectivity index (χ0) is 15.4. The molecule has 0 amide bonds. The number of anilines is 1. The maximum Gasteiger partial charge on any atom is 0.185 e. The summed E-state index contributed by atoms with van der Waals surface area (Å²) >= 11 is 1.79. The van der Waals surface area contributed by atoms with Crippen molar-refractivity contribution in [3.63, 3.8) is 0 Å². The average molecular weight is 311 g/mol. The van der Waals surface area contributed by atoms with Crippen molar-refractivity contribution in [2.45, 2.75) is 58.5 Å². The summed E-state index contributed by atoms with van der Waals surface area (Å²) in [6.07, 6.45) is 3.59. The number of hydrogen-bond acceptors (Lipinski definition) is 5. The van der Waals surface area contributed by atoms with Crippen molar-refractivity contribution in [1.29, 1.82) is 0 Å². The Balaban J connectivity index is 2.09. The van der Waals surface area contributed by atoms with E-state index in [1.54, 1.807) is 11.3 Å². The first kappa shape index (κ1) is 16.7. The van der Waals surface area contributed by atoms with E-state index in [9.17, 15) is 0 Å². The lowest BCUT2D eigenvalue weighted by atomic mass is 10.0. The molecule has 2 N–H and O–H groups in total. The van der Waals surface area contributed by atoms with Crippen molar-refractivity contribution in [2.24, 2.45) is 5.73 Å². The van der Waals surface area contributed by atoms with Crippen LogP contribution in [-0.4, -0.2) is 42.6 Å². The van der Waals surface area contributed by atoms with Gasteiger partial charge in [-0.2, -0.15) is 0 Å². The summed E-state index contributed by atoms with van der Waals surface area (Å²) in [5.41, 5.74) is 7.14. The van der Waals surface area contributed by atoms with E-state index in [4.69, 9.17) is 10.7 Å². The Morgan fingerprint density at radius 2 is 2.05 bits per heavy atom. The molecule has 0 bridgehead atoms. The number of nitrogens with two attached hydrogens (primary N) is 1. The van der Waals surface area contributed by atoms with Gasteiger partial charge in [0.05, 0.1) is 5.69 Å². The molecule has 1 aromatic rings. The van der Waals surface area contributed by atoms with Crippen LogP contribution in [-0.2, 0) is 6.54 Å². The average Bonchev–Trinajstić information content (AvgIpc) is 2.97. The molecule has 120 valence electrons. The number of hydrogen-bond donors (Lipinski definition) is 1. The Kier molecular flexibility index (Phi) is 6.02. The van der Waals surface area contributed by atoms with Gasteiger partial charge in [0, 0.05) is 37.6 Å². The van der Waals surface area contributed by atoms with E-state index in [1.807, 2.05) is 0 Å². The van der Waals surface area contributed by atoms with Crippen LogP contribution in [0.3, 0.4) is 0 Å². The third-order valence-electron chi connectivity index (χ3n) is 4.83. The molecule has 0 spiro atoms. The van der Waals surface area contributed by atoms with Crippen LogP contribution in [0.25, 0.3) is 0 Å². The lowest BCUT2D eigenvalue weighted by Crippen LogP contribution is -2.43. The molecule has 1 unspecified atom stereocenters. The van der Waals surface area contributed by atoms with E-state index in [2.05, 4.69) is 37.6 Å². The first-order chi connectivity index (χ1) is 10.1. The second-order valence-corrected chi connectivity index (χ2v) is 7.16. The molecule has 1 aliphatic heterocycles. The SMILES string of the molecule is CCC(C)c1nc(N(C)C2CCN(CC)CC2)sc1CN. The fourth-order valence-electron chi connectivity index (χ4n) is 3.01. The molecule has 1 fully saturated rings. The van der Waals surface area contributed by atoms with E-state index in [0.717, 1.165) is 11.6 Å². The number of rotatable bonds is 6. The fraction of sp³-hybridized carbons (Fsp3) is 0.812. The summed E-state index contributed by atoms with van der Waals surface area (Å²) in [6, 6.07) is 0.620. The summed E-state index contributed by atoms with van der Waals surface area (Å²) in [4.78, 5) is 11.1. The Bertz CT molecular complexity index is 437. The summed E-state index contributed by atoms with van der Waals surface area (Å²) in [6.45, 7) is 10.9. The number of likely N-dealkylation sites (tertiary alicyclic amines) is 1. The van der Waals surface area contributed by atoms with Crippen LogP contribution in [0.5, 0.6) is 0 Å². The second kappa shape index (κ2) is 7.56. The second-order valence-electron chi connectivity index (χ2n) is 6.09. The highest BCUT2D eigenvalue weighted by atomic mass is 32.1. The van der Waals surface area contributed by atoms with Crippen LogP contribution in [0.1, 0.15) is 56.5 Å². The summed E-state index contributed by atoms with van der Waals surface area (Å²) < 4.78 is 0. The van der Waals surface area contributed by atoms with Gasteiger partial charge >= 0.3 is 0 Å². The van der Waals surface area contributed by atoms with Gasteiger partial charge in [-0.1, -0.05) is 20.8 Å². The van der Waals surface area contributed by atoms with E-state index >= 15 is 0 Å². The smallest absolute Gasteiger partial charge is 0.185 e. The van der Waals surface area contributed by atoms with E-state index < -0.39 is 0 Å². The molecule has 0 aromatic carbocycles. The van der Waals surface area contributed by atoms with Crippen LogP contribution < -0.4 is 10.6 Å². The van der Waals surface area contributed by atoms with E-state index in [1.165, 1.54) is 43.0 Å². The summed E-state index contributed by atoms with van der Waals surface area (Å²) in [5.74, 6) is 0.504. The van der Waals surface area contributed by atoms with Crippen LogP contribution in [0.4, 0.5) is 5.13 Å². The van der Waals surface area contributed by atoms with Crippen molar-refractivity contribution >= 4 is 16.5 Å². The zero-order valence-corrected chi connectivity index (χ0v) is 14.7. The molecular formula is C16H30N4S. The van der Waals surface area contributed by atoms with Crippen LogP contribution >= 0.6 is 11.3 Å². The molecule has 1 saturated heterocycles. The molecule has 0 aliphatic carbocycles. The molecular weight excluding hydrogens is 280 g/mol. The molecule has 0 saturated carbocycles. The molecule has 2 rings (SSSR count). The zero-order valence-electron chi connectivity index (χ0n) is 13.9. The minimum Gasteiger partial charge on any atom is -0.348 e. The molecule has 2 heterocycles. The molecule has 21 heavy (non-hydrogen) atoms. The highest BCUT2D eigenvalue weighted by molar-refractivity contribution is 7.15. The molecule has 1 aliphatic rings. The van der Waals surface area contributed by atoms with Gasteiger partial charge in [-0.15, -0.1) is 11.3 Å². The molecule has 1 aromatic heterocycles. The van der Waals surface area contributed by atoms with Gasteiger partial charge < -0.3 is 15.5 Å². The quantitative estimate of drug-likeness (QED) is 0.877. The third-order valence-corrected chi connectivity index (χ3v) is 6.02. The van der Waals surface area contributed by atoms with Crippen molar-refractivity contribution in [3.8, 4) is 0 Å². The van der Waals surface area contributed by atoms with Gasteiger partial charge in [-0.05, 0) is 31.7 Å². The number of thiazole rings is 1. The van der Waals surface area contributed by atoms with Crippen LogP contribution in [0.15, 0.2) is 0 Å². The topological polar surface area (TPSA) is 45.4 Å². The van der Waals surface area contributed by atoms with Gasteiger partial charge in [-0.25, -0.2) is 4.98 Å². The summed E-state index contributed by atoms with van der Waals surface area (Å²) in [5, 5.41) is 1.15. The molecule has 1 atom stereocenters. The molecule has 0 radical (unpaired) electrons. The maximum atomic E-state index is 5.92. The van der Waals surface area contributed by atoms with Gasteiger partial charge in [-0.3, -0.25) is 0 Å². The minimum atomic E-state index is 0.504. The van der Waals surface area contributed by atoms with E-state index in [0.29, 0.717) is 18.5 Å². The minimum absolute atomic E-state index is 0.504. The van der Waals surface area contributed by atoms with Crippen LogP contribution in [0, 0.1) is 0 Å². The van der Waals surface area contributed by atoms with Crippen molar-refractivity contribution in [1.82, 2.24) is 9.88 Å². The highest BCUT2D eigenvalue weighted by Crippen LogP contribution is 2.33. The van der Waals surface area contributed by atoms with Gasteiger partial charge in [0.25, 0.3) is 0 Å². The number of piperidine rings is 1. The highest BCUT2D eigenvalue weighted by Gasteiger charge is 2.25. The monoisotopic (exact) mass is 310 g/mol. The predicted molar refractivity (Wildman–Crippen MR) is 92.3 cm³/mol. The van der Waals surface area contributed by atoms with Crippen molar-refractivity contribution < 1.29 is 0 Å². The maximum absolute atomic E-state index is 5.92. The Morgan fingerprint density at radius 3 is 2.57 bits per heavy atom. The molecule has 5 heteroatoms. The normalized spacial score (nSPS) is 18.9. The largest absolute Gasteiger partial charge is 0.348 e.